The van der Waals surface area contributed by atoms with Crippen LogP contribution >= 0.6 is 0 Å². The fourth-order valence-corrected chi connectivity index (χ4v) is 1.81. The minimum Gasteiger partial charge on any atom is -0.493 e. The monoisotopic (exact) mass is 311 g/mol. The van der Waals surface area contributed by atoms with E-state index in [0.29, 0.717) is 24.3 Å². The maximum absolute atomic E-state index is 11.6. The van der Waals surface area contributed by atoms with Crippen LogP contribution in [-0.4, -0.2) is 25.8 Å². The molecule has 0 spiro atoms. The number of hydrogen-bond donors (Lipinski definition) is 0. The Kier molecular flexibility index (Phi) is 6.48. The van der Waals surface area contributed by atoms with Crippen molar-refractivity contribution >= 4 is 5.97 Å². The number of carbonyl (C=O) groups is 1. The molecule has 0 aromatic heterocycles. The van der Waals surface area contributed by atoms with Crippen LogP contribution in [-0.2, 0) is 9.53 Å². The maximum atomic E-state index is 11.6. The lowest BCUT2D eigenvalue weighted by Gasteiger charge is -2.08. The second-order valence-corrected chi connectivity index (χ2v) is 4.63. The van der Waals surface area contributed by atoms with Crippen LogP contribution in [0.25, 0.3) is 0 Å². The number of esters is 1. The summed E-state index contributed by atoms with van der Waals surface area (Å²) in [6.45, 7) is 0.503. The highest BCUT2D eigenvalue weighted by atomic mass is 16.6. The molecule has 0 amide bonds. The summed E-state index contributed by atoms with van der Waals surface area (Å²) in [5.41, 5.74) is 0.386. The molecule has 2 rings (SSSR count). The van der Waals surface area contributed by atoms with Gasteiger partial charge in [0.25, 0.3) is 0 Å². The summed E-state index contributed by atoms with van der Waals surface area (Å²) in [7, 11) is 0. The first-order chi connectivity index (χ1) is 11.3. The molecular weight excluding hydrogens is 294 g/mol. The number of benzene rings is 2. The zero-order chi connectivity index (χ0) is 16.3. The van der Waals surface area contributed by atoms with E-state index in [1.807, 2.05) is 36.4 Å². The van der Waals surface area contributed by atoms with E-state index >= 15 is 0 Å². The van der Waals surface area contributed by atoms with Crippen molar-refractivity contribution in [2.24, 2.45) is 0 Å². The smallest absolute Gasteiger partial charge is 0.344 e. The van der Waals surface area contributed by atoms with E-state index in [2.05, 4.69) is 0 Å². The molecule has 5 nitrogen and oxygen atoms in total. The number of carbonyl (C=O) groups excluding carboxylic acids is 1. The molecule has 0 radical (unpaired) electrons. The van der Waals surface area contributed by atoms with Gasteiger partial charge in [0.15, 0.2) is 6.61 Å². The van der Waals surface area contributed by atoms with E-state index in [-0.39, 0.29) is 13.2 Å². The summed E-state index contributed by atoms with van der Waals surface area (Å²) >= 11 is 0. The molecule has 0 fully saturated rings. The van der Waals surface area contributed by atoms with Gasteiger partial charge in [-0.25, -0.2) is 4.79 Å². The minimum atomic E-state index is -0.475. The van der Waals surface area contributed by atoms with Crippen LogP contribution in [0.5, 0.6) is 11.5 Å². The number of nitriles is 1. The van der Waals surface area contributed by atoms with Crippen molar-refractivity contribution in [1.29, 1.82) is 5.26 Å². The minimum absolute atomic E-state index is 0.224. The SMILES string of the molecule is N#Cc1ccccc1OCC(=O)OCCCOc1ccccc1. The van der Waals surface area contributed by atoms with E-state index in [1.165, 1.54) is 0 Å². The molecule has 0 saturated heterocycles. The van der Waals surface area contributed by atoms with E-state index in [0.717, 1.165) is 5.75 Å². The molecule has 0 heterocycles. The summed E-state index contributed by atoms with van der Waals surface area (Å²) < 4.78 is 15.8. The van der Waals surface area contributed by atoms with Crippen LogP contribution in [0.4, 0.5) is 0 Å². The van der Waals surface area contributed by atoms with Gasteiger partial charge in [0.2, 0.25) is 0 Å². The first kappa shape index (κ1) is 16.4. The molecule has 2 aromatic rings. The number of nitrogens with zero attached hydrogens (tertiary/aromatic N) is 1. The largest absolute Gasteiger partial charge is 0.493 e. The Morgan fingerprint density at radius 3 is 2.48 bits per heavy atom. The number of ether oxygens (including phenoxy) is 3. The van der Waals surface area contributed by atoms with Crippen LogP contribution in [0.2, 0.25) is 0 Å². The Balaban J connectivity index is 1.61. The zero-order valence-corrected chi connectivity index (χ0v) is 12.6. The molecular formula is C18H17NO4. The van der Waals surface area contributed by atoms with Gasteiger partial charge in [0.1, 0.15) is 17.6 Å². The first-order valence-corrected chi connectivity index (χ1v) is 7.25. The van der Waals surface area contributed by atoms with Gasteiger partial charge in [-0.15, -0.1) is 0 Å². The van der Waals surface area contributed by atoms with Crippen molar-refractivity contribution < 1.29 is 19.0 Å². The highest BCUT2D eigenvalue weighted by Gasteiger charge is 2.07. The molecule has 0 bridgehead atoms. The number of rotatable bonds is 8. The van der Waals surface area contributed by atoms with Gasteiger partial charge in [0, 0.05) is 6.42 Å². The summed E-state index contributed by atoms with van der Waals surface area (Å²) in [6.07, 6.45) is 0.593. The average molecular weight is 311 g/mol. The Hall–Kier alpha value is -3.00. The first-order valence-electron chi connectivity index (χ1n) is 7.25. The summed E-state index contributed by atoms with van der Waals surface area (Å²) in [4.78, 5) is 11.6. The second kappa shape index (κ2) is 9.11. The van der Waals surface area contributed by atoms with Crippen LogP contribution < -0.4 is 9.47 Å². The molecule has 23 heavy (non-hydrogen) atoms. The Bertz CT molecular complexity index is 664. The normalized spacial score (nSPS) is 9.70. The van der Waals surface area contributed by atoms with E-state index in [1.54, 1.807) is 24.3 Å². The van der Waals surface area contributed by atoms with Gasteiger partial charge in [-0.2, -0.15) is 5.26 Å². The third kappa shape index (κ3) is 5.71. The molecule has 0 atom stereocenters. The quantitative estimate of drug-likeness (QED) is 0.554. The number of hydrogen-bond acceptors (Lipinski definition) is 5. The van der Waals surface area contributed by atoms with Crippen molar-refractivity contribution in [3.8, 4) is 17.6 Å². The van der Waals surface area contributed by atoms with Crippen LogP contribution in [0.1, 0.15) is 12.0 Å². The third-order valence-electron chi connectivity index (χ3n) is 2.92. The average Bonchev–Trinajstić information content (AvgIpc) is 2.60. The Morgan fingerprint density at radius 1 is 0.957 bits per heavy atom. The fourth-order valence-electron chi connectivity index (χ4n) is 1.81. The third-order valence-corrected chi connectivity index (χ3v) is 2.92. The second-order valence-electron chi connectivity index (χ2n) is 4.63. The van der Waals surface area contributed by atoms with Gasteiger partial charge in [-0.05, 0) is 24.3 Å². The lowest BCUT2D eigenvalue weighted by atomic mass is 10.2. The summed E-state index contributed by atoms with van der Waals surface area (Å²) in [5, 5.41) is 8.92. The molecule has 118 valence electrons. The standard InChI is InChI=1S/C18H17NO4/c19-13-15-7-4-5-10-17(15)23-14-18(20)22-12-6-11-21-16-8-2-1-3-9-16/h1-5,7-10H,6,11-12,14H2. The fraction of sp³-hybridized carbons (Fsp3) is 0.222. The van der Waals surface area contributed by atoms with Crippen molar-refractivity contribution in [3.05, 3.63) is 60.2 Å². The van der Waals surface area contributed by atoms with E-state index in [9.17, 15) is 4.79 Å². The molecule has 0 unspecified atom stereocenters. The van der Waals surface area contributed by atoms with Crippen molar-refractivity contribution in [2.45, 2.75) is 6.42 Å². The van der Waals surface area contributed by atoms with Crippen LogP contribution in [0, 0.1) is 11.3 Å². The molecule has 0 aliphatic rings. The van der Waals surface area contributed by atoms with Crippen molar-refractivity contribution in [1.82, 2.24) is 0 Å². The van der Waals surface area contributed by atoms with Gasteiger partial charge < -0.3 is 14.2 Å². The van der Waals surface area contributed by atoms with Gasteiger partial charge >= 0.3 is 5.97 Å². The zero-order valence-electron chi connectivity index (χ0n) is 12.6. The lowest BCUT2D eigenvalue weighted by Crippen LogP contribution is -2.16. The molecule has 5 heteroatoms. The van der Waals surface area contributed by atoms with Crippen molar-refractivity contribution in [2.75, 3.05) is 19.8 Å². The van der Waals surface area contributed by atoms with E-state index < -0.39 is 5.97 Å². The molecule has 0 aliphatic heterocycles. The van der Waals surface area contributed by atoms with Gasteiger partial charge in [0.05, 0.1) is 18.8 Å². The molecule has 0 aliphatic carbocycles. The van der Waals surface area contributed by atoms with Crippen LogP contribution in [0.15, 0.2) is 54.6 Å². The van der Waals surface area contributed by atoms with Gasteiger partial charge in [-0.1, -0.05) is 30.3 Å². The van der Waals surface area contributed by atoms with Gasteiger partial charge in [-0.3, -0.25) is 0 Å². The topological polar surface area (TPSA) is 68.5 Å². The molecule has 0 N–H and O–H groups in total. The van der Waals surface area contributed by atoms with Crippen molar-refractivity contribution in [3.63, 3.8) is 0 Å². The molecule has 0 saturated carbocycles. The lowest BCUT2D eigenvalue weighted by molar-refractivity contribution is -0.146. The Labute approximate surface area is 135 Å². The Morgan fingerprint density at radius 2 is 1.70 bits per heavy atom. The summed E-state index contributed by atoms with van der Waals surface area (Å²) in [5.74, 6) is 0.687. The molecule has 2 aromatic carbocycles. The van der Waals surface area contributed by atoms with E-state index in [4.69, 9.17) is 19.5 Å². The highest BCUT2D eigenvalue weighted by Crippen LogP contribution is 2.16. The maximum Gasteiger partial charge on any atom is 0.344 e. The summed E-state index contributed by atoms with van der Waals surface area (Å²) in [6, 6.07) is 18.2. The highest BCUT2D eigenvalue weighted by molar-refractivity contribution is 5.71. The predicted molar refractivity (Wildman–Crippen MR) is 84.2 cm³/mol. The number of para-hydroxylation sites is 2. The van der Waals surface area contributed by atoms with Crippen LogP contribution in [0.3, 0.4) is 0 Å². The predicted octanol–water partition coefficient (Wildman–Crippen LogP) is 2.95.